The molecule has 0 saturated carbocycles. The van der Waals surface area contributed by atoms with Gasteiger partial charge >= 0.3 is 0 Å². The number of nitriles is 1. The van der Waals surface area contributed by atoms with Gasteiger partial charge in [-0.3, -0.25) is 0 Å². The summed E-state index contributed by atoms with van der Waals surface area (Å²) < 4.78 is 5.62. The van der Waals surface area contributed by atoms with Crippen molar-refractivity contribution < 1.29 is 4.42 Å². The highest BCUT2D eigenvalue weighted by atomic mass is 16.3. The SMILES string of the molecule is CCCc1ccc2oc(C#N)c(CC(C)C)c2c1. The highest BCUT2D eigenvalue weighted by molar-refractivity contribution is 5.84. The number of hydrogen-bond donors (Lipinski definition) is 0. The van der Waals surface area contributed by atoms with E-state index in [0.717, 1.165) is 35.8 Å². The fourth-order valence-electron chi connectivity index (χ4n) is 2.34. The molecule has 0 unspecified atom stereocenters. The molecule has 2 rings (SSSR count). The zero-order valence-electron chi connectivity index (χ0n) is 11.3. The van der Waals surface area contributed by atoms with Gasteiger partial charge in [0.05, 0.1) is 0 Å². The Morgan fingerprint density at radius 1 is 1.33 bits per heavy atom. The van der Waals surface area contributed by atoms with Crippen molar-refractivity contribution in [2.45, 2.75) is 40.0 Å². The van der Waals surface area contributed by atoms with Crippen LogP contribution in [0.4, 0.5) is 0 Å². The van der Waals surface area contributed by atoms with Crippen molar-refractivity contribution in [1.82, 2.24) is 0 Å². The van der Waals surface area contributed by atoms with Crippen molar-refractivity contribution in [3.63, 3.8) is 0 Å². The summed E-state index contributed by atoms with van der Waals surface area (Å²) in [6, 6.07) is 8.44. The Bertz CT molecular complexity index is 587. The Labute approximate surface area is 108 Å². The van der Waals surface area contributed by atoms with Crippen LogP contribution < -0.4 is 0 Å². The lowest BCUT2D eigenvalue weighted by atomic mass is 9.98. The number of rotatable bonds is 4. The summed E-state index contributed by atoms with van der Waals surface area (Å²) in [6.07, 6.45) is 3.10. The van der Waals surface area contributed by atoms with Crippen LogP contribution in [-0.2, 0) is 12.8 Å². The van der Waals surface area contributed by atoms with Crippen LogP contribution >= 0.6 is 0 Å². The first kappa shape index (κ1) is 12.7. The van der Waals surface area contributed by atoms with Crippen LogP contribution in [0.2, 0.25) is 0 Å². The molecule has 2 nitrogen and oxygen atoms in total. The lowest BCUT2D eigenvalue weighted by Gasteiger charge is -2.03. The summed E-state index contributed by atoms with van der Waals surface area (Å²) in [6.45, 7) is 6.50. The summed E-state index contributed by atoms with van der Waals surface area (Å²) in [5.41, 5.74) is 3.22. The normalized spacial score (nSPS) is 11.1. The number of aryl methyl sites for hydroxylation is 1. The standard InChI is InChI=1S/C16H19NO/c1-4-5-12-6-7-15-14(9-12)13(8-11(2)3)16(10-17)18-15/h6-7,9,11H,4-5,8H2,1-3H3. The maximum absolute atomic E-state index is 9.16. The molecule has 0 amide bonds. The van der Waals surface area contributed by atoms with E-state index < -0.39 is 0 Å². The predicted octanol–water partition coefficient (Wildman–Crippen LogP) is 4.46. The molecule has 1 heterocycles. The van der Waals surface area contributed by atoms with Crippen LogP contribution in [0.3, 0.4) is 0 Å². The van der Waals surface area contributed by atoms with Gasteiger partial charge in [0.15, 0.2) is 0 Å². The molecule has 18 heavy (non-hydrogen) atoms. The Morgan fingerprint density at radius 2 is 2.11 bits per heavy atom. The van der Waals surface area contributed by atoms with E-state index in [2.05, 4.69) is 39.0 Å². The van der Waals surface area contributed by atoms with Crippen molar-refractivity contribution in [1.29, 1.82) is 5.26 Å². The van der Waals surface area contributed by atoms with Crippen molar-refractivity contribution in [2.24, 2.45) is 5.92 Å². The van der Waals surface area contributed by atoms with E-state index in [1.807, 2.05) is 6.07 Å². The van der Waals surface area contributed by atoms with Crippen LogP contribution in [0.15, 0.2) is 22.6 Å². The monoisotopic (exact) mass is 241 g/mol. The molecular formula is C16H19NO. The lowest BCUT2D eigenvalue weighted by molar-refractivity contribution is 0.579. The van der Waals surface area contributed by atoms with Crippen LogP contribution in [-0.4, -0.2) is 0 Å². The minimum Gasteiger partial charge on any atom is -0.445 e. The number of fused-ring (bicyclic) bond motifs is 1. The van der Waals surface area contributed by atoms with E-state index in [1.165, 1.54) is 5.56 Å². The molecule has 0 fully saturated rings. The van der Waals surface area contributed by atoms with E-state index in [0.29, 0.717) is 11.7 Å². The second-order valence-electron chi connectivity index (χ2n) is 5.20. The van der Waals surface area contributed by atoms with Gasteiger partial charge in [0.25, 0.3) is 0 Å². The third-order valence-corrected chi connectivity index (χ3v) is 3.11. The van der Waals surface area contributed by atoms with Gasteiger partial charge in [-0.25, -0.2) is 0 Å². The number of benzene rings is 1. The molecule has 0 aliphatic rings. The summed E-state index contributed by atoms with van der Waals surface area (Å²) in [5, 5.41) is 10.3. The molecule has 0 spiro atoms. The highest BCUT2D eigenvalue weighted by Crippen LogP contribution is 2.29. The second kappa shape index (κ2) is 5.27. The molecule has 1 aromatic heterocycles. The van der Waals surface area contributed by atoms with Crippen LogP contribution in [0, 0.1) is 17.2 Å². The zero-order chi connectivity index (χ0) is 13.1. The van der Waals surface area contributed by atoms with Crippen LogP contribution in [0.5, 0.6) is 0 Å². The highest BCUT2D eigenvalue weighted by Gasteiger charge is 2.15. The molecule has 0 aliphatic heterocycles. The Morgan fingerprint density at radius 3 is 2.72 bits per heavy atom. The first-order valence-corrected chi connectivity index (χ1v) is 6.60. The summed E-state index contributed by atoms with van der Waals surface area (Å²) in [7, 11) is 0. The summed E-state index contributed by atoms with van der Waals surface area (Å²) in [5.74, 6) is 1.00. The summed E-state index contributed by atoms with van der Waals surface area (Å²) >= 11 is 0. The van der Waals surface area contributed by atoms with Gasteiger partial charge in [0.2, 0.25) is 5.76 Å². The predicted molar refractivity (Wildman–Crippen MR) is 73.5 cm³/mol. The average Bonchev–Trinajstić information content (AvgIpc) is 2.67. The first-order chi connectivity index (χ1) is 8.65. The fourth-order valence-corrected chi connectivity index (χ4v) is 2.34. The molecular weight excluding hydrogens is 222 g/mol. The Balaban J connectivity index is 2.56. The van der Waals surface area contributed by atoms with E-state index in [4.69, 9.17) is 9.68 Å². The number of hydrogen-bond acceptors (Lipinski definition) is 2. The largest absolute Gasteiger partial charge is 0.445 e. The minimum atomic E-state index is 0.479. The van der Waals surface area contributed by atoms with Gasteiger partial charge in [-0.2, -0.15) is 5.26 Å². The van der Waals surface area contributed by atoms with Crippen molar-refractivity contribution in [3.05, 3.63) is 35.1 Å². The van der Waals surface area contributed by atoms with Crippen molar-refractivity contribution >= 4 is 11.0 Å². The number of nitrogens with zero attached hydrogens (tertiary/aromatic N) is 1. The maximum Gasteiger partial charge on any atom is 0.207 e. The minimum absolute atomic E-state index is 0.479. The smallest absolute Gasteiger partial charge is 0.207 e. The zero-order valence-corrected chi connectivity index (χ0v) is 11.3. The molecule has 2 heteroatoms. The number of furan rings is 1. The first-order valence-electron chi connectivity index (χ1n) is 6.60. The Kier molecular flexibility index (Phi) is 3.72. The molecule has 0 aliphatic carbocycles. The third kappa shape index (κ3) is 2.41. The third-order valence-electron chi connectivity index (χ3n) is 3.11. The molecule has 1 aromatic carbocycles. The van der Waals surface area contributed by atoms with Gasteiger partial charge in [-0.05, 0) is 36.5 Å². The van der Waals surface area contributed by atoms with E-state index in [9.17, 15) is 0 Å². The molecule has 2 aromatic rings. The van der Waals surface area contributed by atoms with Gasteiger partial charge < -0.3 is 4.42 Å². The Hall–Kier alpha value is -1.75. The fraction of sp³-hybridized carbons (Fsp3) is 0.438. The lowest BCUT2D eigenvalue weighted by Crippen LogP contribution is -1.95. The van der Waals surface area contributed by atoms with Crippen molar-refractivity contribution in [3.8, 4) is 6.07 Å². The summed E-state index contributed by atoms with van der Waals surface area (Å²) in [4.78, 5) is 0. The van der Waals surface area contributed by atoms with Gasteiger partial charge in [0, 0.05) is 10.9 Å². The molecule has 0 radical (unpaired) electrons. The van der Waals surface area contributed by atoms with Gasteiger partial charge in [-0.1, -0.05) is 33.3 Å². The van der Waals surface area contributed by atoms with E-state index >= 15 is 0 Å². The average molecular weight is 241 g/mol. The molecule has 0 saturated heterocycles. The van der Waals surface area contributed by atoms with E-state index in [-0.39, 0.29) is 0 Å². The quantitative estimate of drug-likeness (QED) is 0.792. The van der Waals surface area contributed by atoms with Crippen LogP contribution in [0.1, 0.15) is 44.1 Å². The molecule has 94 valence electrons. The van der Waals surface area contributed by atoms with Gasteiger partial charge in [0.1, 0.15) is 11.7 Å². The molecule has 0 N–H and O–H groups in total. The topological polar surface area (TPSA) is 36.9 Å². The second-order valence-corrected chi connectivity index (χ2v) is 5.20. The molecule has 0 bridgehead atoms. The maximum atomic E-state index is 9.16. The van der Waals surface area contributed by atoms with Crippen LogP contribution in [0.25, 0.3) is 11.0 Å². The van der Waals surface area contributed by atoms with Gasteiger partial charge in [-0.15, -0.1) is 0 Å². The van der Waals surface area contributed by atoms with Crippen molar-refractivity contribution in [2.75, 3.05) is 0 Å². The van der Waals surface area contributed by atoms with E-state index in [1.54, 1.807) is 0 Å². The molecule has 0 atom stereocenters.